The Balaban J connectivity index is 2.21. The zero-order valence-corrected chi connectivity index (χ0v) is 9.25. The van der Waals surface area contributed by atoms with Gasteiger partial charge in [0, 0.05) is 20.0 Å². The van der Waals surface area contributed by atoms with Gasteiger partial charge in [0.25, 0.3) is 0 Å². The largest absolute Gasteiger partial charge is 0.481 e. The molecule has 3 fully saturated rings. The third-order valence-electron chi connectivity index (χ3n) is 4.10. The number of nitrogens with zero attached hydrogens (tertiary/aromatic N) is 1. The maximum absolute atomic E-state index is 11.3. The Kier molecular flexibility index (Phi) is 2.07. The first-order valence-corrected chi connectivity index (χ1v) is 5.42. The van der Waals surface area contributed by atoms with Crippen molar-refractivity contribution in [3.63, 3.8) is 0 Å². The monoisotopic (exact) mass is 211 g/mol. The third kappa shape index (κ3) is 1.34. The standard InChI is InChI=1S/C11H17NO3/c1-3-10-4-11(5-10,9(14)15)7-12(6-10)8(2)13/h3-7H2,1-2H3,(H,14,15). The van der Waals surface area contributed by atoms with E-state index in [0.717, 1.165) is 25.8 Å². The van der Waals surface area contributed by atoms with Crippen LogP contribution < -0.4 is 0 Å². The molecule has 0 spiro atoms. The van der Waals surface area contributed by atoms with Crippen molar-refractivity contribution in [3.8, 4) is 0 Å². The van der Waals surface area contributed by atoms with Crippen molar-refractivity contribution in [1.29, 1.82) is 0 Å². The molecule has 1 aliphatic carbocycles. The maximum atomic E-state index is 11.3. The van der Waals surface area contributed by atoms with E-state index in [-0.39, 0.29) is 11.3 Å². The SMILES string of the molecule is CCC12CN(C(C)=O)CC(C(=O)O)(C1)C2. The molecular formula is C11H17NO3. The number of carboxylic acids is 1. The number of carboxylic acid groups (broad SMARTS) is 1. The summed E-state index contributed by atoms with van der Waals surface area (Å²) in [4.78, 5) is 24.2. The molecule has 0 aromatic carbocycles. The summed E-state index contributed by atoms with van der Waals surface area (Å²) in [5.41, 5.74) is -0.553. The highest BCUT2D eigenvalue weighted by Crippen LogP contribution is 2.60. The van der Waals surface area contributed by atoms with Gasteiger partial charge < -0.3 is 10.0 Å². The van der Waals surface area contributed by atoms with E-state index >= 15 is 0 Å². The molecule has 0 radical (unpaired) electrons. The second-order valence-electron chi connectivity index (χ2n) is 5.17. The lowest BCUT2D eigenvalue weighted by atomic mass is 9.49. The van der Waals surface area contributed by atoms with Crippen molar-refractivity contribution in [3.05, 3.63) is 0 Å². The van der Waals surface area contributed by atoms with Crippen LogP contribution in [0.15, 0.2) is 0 Å². The number of carbonyl (C=O) groups is 2. The molecule has 4 heteroatoms. The van der Waals surface area contributed by atoms with Crippen molar-refractivity contribution < 1.29 is 14.7 Å². The van der Waals surface area contributed by atoms with Gasteiger partial charge in [-0.15, -0.1) is 0 Å². The van der Waals surface area contributed by atoms with E-state index in [4.69, 9.17) is 0 Å². The number of hydrogen-bond donors (Lipinski definition) is 1. The highest BCUT2D eigenvalue weighted by atomic mass is 16.4. The lowest BCUT2D eigenvalue weighted by Crippen LogP contribution is -2.66. The first-order chi connectivity index (χ1) is 6.93. The van der Waals surface area contributed by atoms with Crippen LogP contribution in [0.4, 0.5) is 0 Å². The molecule has 0 atom stereocenters. The summed E-state index contributed by atoms with van der Waals surface area (Å²) in [7, 11) is 0. The van der Waals surface area contributed by atoms with Crippen molar-refractivity contribution in [2.75, 3.05) is 13.1 Å². The van der Waals surface area contributed by atoms with Crippen LogP contribution in [0.25, 0.3) is 0 Å². The third-order valence-corrected chi connectivity index (χ3v) is 4.10. The van der Waals surface area contributed by atoms with E-state index in [0.29, 0.717) is 6.54 Å². The Labute approximate surface area is 89.3 Å². The number of amides is 1. The van der Waals surface area contributed by atoms with Crippen molar-refractivity contribution in [1.82, 2.24) is 4.90 Å². The average Bonchev–Trinajstić information content (AvgIpc) is 2.15. The molecule has 1 saturated carbocycles. The quantitative estimate of drug-likeness (QED) is 0.744. The molecule has 4 nitrogen and oxygen atoms in total. The van der Waals surface area contributed by atoms with Crippen LogP contribution in [0, 0.1) is 10.8 Å². The van der Waals surface area contributed by atoms with Crippen LogP contribution in [0.5, 0.6) is 0 Å². The number of hydrogen-bond acceptors (Lipinski definition) is 2. The lowest BCUT2D eigenvalue weighted by molar-refractivity contribution is -0.189. The van der Waals surface area contributed by atoms with Gasteiger partial charge in [-0.2, -0.15) is 0 Å². The highest BCUT2D eigenvalue weighted by molar-refractivity contribution is 5.80. The number of fused-ring (bicyclic) bond motifs is 2. The minimum atomic E-state index is -0.738. The molecule has 3 rings (SSSR count). The molecule has 2 bridgehead atoms. The summed E-state index contributed by atoms with van der Waals surface area (Å²) >= 11 is 0. The van der Waals surface area contributed by atoms with Gasteiger partial charge in [0.2, 0.25) is 5.91 Å². The van der Waals surface area contributed by atoms with Crippen molar-refractivity contribution >= 4 is 11.9 Å². The average molecular weight is 211 g/mol. The molecule has 2 heterocycles. The Bertz CT molecular complexity index is 312. The lowest BCUT2D eigenvalue weighted by Gasteiger charge is -2.61. The van der Waals surface area contributed by atoms with Crippen LogP contribution in [-0.2, 0) is 9.59 Å². The summed E-state index contributed by atoms with van der Waals surface area (Å²) in [5.74, 6) is -0.740. The normalized spacial score (nSPS) is 38.4. The predicted molar refractivity (Wildman–Crippen MR) is 54.3 cm³/mol. The molecule has 1 amide bonds. The fourth-order valence-electron chi connectivity index (χ4n) is 3.24. The summed E-state index contributed by atoms with van der Waals surface area (Å²) in [6.07, 6.45) is 2.46. The second kappa shape index (κ2) is 2.97. The first kappa shape index (κ1) is 10.5. The fourth-order valence-corrected chi connectivity index (χ4v) is 3.24. The zero-order valence-electron chi connectivity index (χ0n) is 9.25. The van der Waals surface area contributed by atoms with Crippen molar-refractivity contribution in [2.45, 2.75) is 33.1 Å². The van der Waals surface area contributed by atoms with Crippen LogP contribution in [0.3, 0.4) is 0 Å². The van der Waals surface area contributed by atoms with E-state index in [2.05, 4.69) is 6.92 Å². The minimum Gasteiger partial charge on any atom is -0.481 e. The summed E-state index contributed by atoms with van der Waals surface area (Å²) in [6.45, 7) is 4.74. The van der Waals surface area contributed by atoms with Gasteiger partial charge in [-0.1, -0.05) is 6.92 Å². The molecule has 1 N–H and O–H groups in total. The van der Waals surface area contributed by atoms with Gasteiger partial charge in [0.15, 0.2) is 0 Å². The molecule has 2 saturated heterocycles. The topological polar surface area (TPSA) is 57.6 Å². The molecule has 0 aromatic rings. The zero-order chi connectivity index (χ0) is 11.3. The number of piperidine rings is 2. The van der Waals surface area contributed by atoms with Crippen molar-refractivity contribution in [2.24, 2.45) is 10.8 Å². The summed E-state index contributed by atoms with van der Waals surface area (Å²) in [6, 6.07) is 0. The number of rotatable bonds is 2. The van der Waals surface area contributed by atoms with Gasteiger partial charge >= 0.3 is 5.97 Å². The molecular weight excluding hydrogens is 194 g/mol. The fraction of sp³-hybridized carbons (Fsp3) is 0.818. The number of carbonyl (C=O) groups excluding carboxylic acids is 1. The molecule has 0 aromatic heterocycles. The molecule has 84 valence electrons. The Morgan fingerprint density at radius 2 is 1.93 bits per heavy atom. The minimum absolute atomic E-state index is 0.00199. The van der Waals surface area contributed by atoms with E-state index in [1.54, 1.807) is 4.90 Å². The van der Waals surface area contributed by atoms with Crippen LogP contribution in [0.1, 0.15) is 33.1 Å². The number of aliphatic carboxylic acids is 1. The van der Waals surface area contributed by atoms with Gasteiger partial charge in [0.1, 0.15) is 0 Å². The molecule has 15 heavy (non-hydrogen) atoms. The van der Waals surface area contributed by atoms with E-state index < -0.39 is 11.4 Å². The van der Waals surface area contributed by atoms with Gasteiger partial charge in [-0.25, -0.2) is 0 Å². The highest BCUT2D eigenvalue weighted by Gasteiger charge is 2.63. The second-order valence-corrected chi connectivity index (χ2v) is 5.17. The first-order valence-electron chi connectivity index (χ1n) is 5.42. The smallest absolute Gasteiger partial charge is 0.311 e. The Morgan fingerprint density at radius 3 is 2.33 bits per heavy atom. The Hall–Kier alpha value is -1.06. The Morgan fingerprint density at radius 1 is 1.33 bits per heavy atom. The maximum Gasteiger partial charge on any atom is 0.311 e. The van der Waals surface area contributed by atoms with E-state index in [1.165, 1.54) is 6.92 Å². The van der Waals surface area contributed by atoms with Gasteiger partial charge in [-0.05, 0) is 24.7 Å². The molecule has 3 aliphatic rings. The predicted octanol–water partition coefficient (Wildman–Crippen LogP) is 1.11. The van der Waals surface area contributed by atoms with Gasteiger partial charge in [-0.3, -0.25) is 9.59 Å². The van der Waals surface area contributed by atoms with Crippen LogP contribution in [-0.4, -0.2) is 35.0 Å². The van der Waals surface area contributed by atoms with Crippen LogP contribution in [0.2, 0.25) is 0 Å². The molecule has 2 aliphatic heterocycles. The van der Waals surface area contributed by atoms with E-state index in [1.807, 2.05) is 0 Å². The molecule has 0 unspecified atom stereocenters. The summed E-state index contributed by atoms with van der Waals surface area (Å²) < 4.78 is 0. The van der Waals surface area contributed by atoms with Gasteiger partial charge in [0.05, 0.1) is 5.41 Å². The van der Waals surface area contributed by atoms with Crippen LogP contribution >= 0.6 is 0 Å². The summed E-state index contributed by atoms with van der Waals surface area (Å²) in [5, 5.41) is 9.21. The van der Waals surface area contributed by atoms with E-state index in [9.17, 15) is 14.7 Å².